The molecule has 0 bridgehead atoms. The smallest absolute Gasteiger partial charge is 0.462 e. The maximum Gasteiger partial charge on any atom is 0.472 e. The Hall–Kier alpha value is -2.85. The summed E-state index contributed by atoms with van der Waals surface area (Å²) in [6.45, 7) is 3.45. The first-order valence-corrected chi connectivity index (χ1v) is 22.7. The van der Waals surface area contributed by atoms with Gasteiger partial charge in [-0.2, -0.15) is 0 Å². The number of phosphoric ester groups is 1. The van der Waals surface area contributed by atoms with Crippen molar-refractivity contribution < 1.29 is 42.3 Å². The standard InChI is InChI=1S/C45H74NO9P/c1-3-5-7-8-9-10-11-12-13-14-15-16-17-18-19-20-24-27-31-35-44(47)51-39-41(40-53-56(49,50)52-38-37-46)54-45(48)36-32-28-25-22-21-23-26-30-34-43-42(55-43)33-29-6-4-2/h5,7,9-10,12-13,15-16,18-19,24,26-27,30,41-43H,3-4,6,8,11,14,17,20-23,25,28-29,31-40,46H2,1-2H3,(H,49,50)/b7-5-,10-9-,13-12-,16-15-,19-18-,27-24-,30-26-/t41-,42?,43?/m1/s1. The van der Waals surface area contributed by atoms with Crippen LogP contribution < -0.4 is 5.73 Å². The first-order chi connectivity index (χ1) is 27.3. The van der Waals surface area contributed by atoms with E-state index >= 15 is 0 Å². The minimum absolute atomic E-state index is 0.0346. The summed E-state index contributed by atoms with van der Waals surface area (Å²) < 4.78 is 38.4. The second-order valence-electron chi connectivity index (χ2n) is 13.9. The molecule has 0 amide bonds. The van der Waals surface area contributed by atoms with Gasteiger partial charge in [0.2, 0.25) is 0 Å². The molecule has 0 saturated carbocycles. The molecule has 0 aromatic heterocycles. The highest BCUT2D eigenvalue weighted by atomic mass is 31.2. The normalized spacial score (nSPS) is 17.8. The summed E-state index contributed by atoms with van der Waals surface area (Å²) in [7, 11) is -4.41. The summed E-state index contributed by atoms with van der Waals surface area (Å²) in [6, 6.07) is 0. The SMILES string of the molecule is CC/C=C\C/C=C\C/C=C\C/C=C\C/C=C\C/C=C\CCC(=O)OC[C@H](COP(=O)(O)OCCN)OC(=O)CCCCCCC/C=C\CC1OC1CCCCC. The van der Waals surface area contributed by atoms with Gasteiger partial charge in [-0.15, -0.1) is 0 Å². The number of unbranched alkanes of at least 4 members (excludes halogenated alkanes) is 7. The molecule has 1 aliphatic heterocycles. The molecule has 11 heteroatoms. The molecule has 1 saturated heterocycles. The number of hydrogen-bond acceptors (Lipinski definition) is 9. The minimum atomic E-state index is -4.41. The number of carbonyl (C=O) groups is 2. The summed E-state index contributed by atoms with van der Waals surface area (Å²) in [5.41, 5.74) is 5.34. The van der Waals surface area contributed by atoms with E-state index < -0.39 is 32.5 Å². The number of epoxide rings is 1. The quantitative estimate of drug-likeness (QED) is 0.0204. The van der Waals surface area contributed by atoms with Crippen molar-refractivity contribution in [2.24, 2.45) is 5.73 Å². The van der Waals surface area contributed by atoms with Gasteiger partial charge in [0.15, 0.2) is 6.10 Å². The zero-order valence-corrected chi connectivity index (χ0v) is 35.4. The van der Waals surface area contributed by atoms with Crippen LogP contribution in [0.25, 0.3) is 0 Å². The van der Waals surface area contributed by atoms with Gasteiger partial charge in [-0.3, -0.25) is 18.6 Å². The lowest BCUT2D eigenvalue weighted by atomic mass is 10.1. The Bertz CT molecular complexity index is 1260. The number of carbonyl (C=O) groups excluding carboxylic acids is 2. The fraction of sp³-hybridized carbons (Fsp3) is 0.644. The van der Waals surface area contributed by atoms with Gasteiger partial charge >= 0.3 is 19.8 Å². The van der Waals surface area contributed by atoms with E-state index in [1.165, 1.54) is 25.7 Å². The minimum Gasteiger partial charge on any atom is -0.462 e. The zero-order valence-electron chi connectivity index (χ0n) is 34.5. The van der Waals surface area contributed by atoms with E-state index in [0.29, 0.717) is 25.0 Å². The van der Waals surface area contributed by atoms with E-state index in [-0.39, 0.29) is 32.6 Å². The van der Waals surface area contributed by atoms with Crippen LogP contribution in [0.3, 0.4) is 0 Å². The molecule has 1 fully saturated rings. The lowest BCUT2D eigenvalue weighted by molar-refractivity contribution is -0.161. The van der Waals surface area contributed by atoms with Crippen LogP contribution in [0.5, 0.6) is 0 Å². The molecule has 0 aromatic rings. The van der Waals surface area contributed by atoms with Crippen LogP contribution in [0.4, 0.5) is 0 Å². The Balaban J connectivity index is 2.25. The van der Waals surface area contributed by atoms with Gasteiger partial charge in [0, 0.05) is 19.4 Å². The predicted octanol–water partition coefficient (Wildman–Crippen LogP) is 11.0. The number of esters is 2. The van der Waals surface area contributed by atoms with E-state index in [4.69, 9.17) is 29.0 Å². The highest BCUT2D eigenvalue weighted by Crippen LogP contribution is 2.43. The van der Waals surface area contributed by atoms with E-state index in [2.05, 4.69) is 86.8 Å². The van der Waals surface area contributed by atoms with Crippen LogP contribution in [-0.2, 0) is 37.4 Å². The summed E-state index contributed by atoms with van der Waals surface area (Å²) >= 11 is 0. The van der Waals surface area contributed by atoms with Gasteiger partial charge in [0.25, 0.3) is 0 Å². The second-order valence-corrected chi connectivity index (χ2v) is 15.3. The number of nitrogens with two attached hydrogens (primary N) is 1. The lowest BCUT2D eigenvalue weighted by Gasteiger charge is -2.19. The van der Waals surface area contributed by atoms with Gasteiger partial charge in [-0.25, -0.2) is 4.57 Å². The largest absolute Gasteiger partial charge is 0.472 e. The first kappa shape index (κ1) is 51.2. The molecule has 0 radical (unpaired) electrons. The fourth-order valence-electron chi connectivity index (χ4n) is 5.49. The molecule has 4 atom stereocenters. The molecule has 3 N–H and O–H groups in total. The third-order valence-corrected chi connectivity index (χ3v) is 9.69. The Labute approximate surface area is 339 Å². The Morgan fingerprint density at radius 2 is 1.25 bits per heavy atom. The fourth-order valence-corrected chi connectivity index (χ4v) is 6.25. The Morgan fingerprint density at radius 1 is 0.661 bits per heavy atom. The van der Waals surface area contributed by atoms with Crippen LogP contribution in [-0.4, -0.2) is 61.5 Å². The van der Waals surface area contributed by atoms with Crippen molar-refractivity contribution in [3.63, 3.8) is 0 Å². The molecular weight excluding hydrogens is 729 g/mol. The van der Waals surface area contributed by atoms with Gasteiger partial charge in [-0.05, 0) is 77.0 Å². The van der Waals surface area contributed by atoms with Gasteiger partial charge < -0.3 is 24.8 Å². The van der Waals surface area contributed by atoms with Gasteiger partial charge in [0.1, 0.15) is 6.61 Å². The molecule has 1 rings (SSSR count). The summed E-state index contributed by atoms with van der Waals surface area (Å²) in [5.74, 6) is -0.957. The topological polar surface area (TPSA) is 147 Å². The molecule has 3 unspecified atom stereocenters. The van der Waals surface area contributed by atoms with Gasteiger partial charge in [0.05, 0.1) is 25.4 Å². The molecule has 0 spiro atoms. The van der Waals surface area contributed by atoms with E-state index in [1.54, 1.807) is 0 Å². The van der Waals surface area contributed by atoms with Crippen molar-refractivity contribution >= 4 is 19.8 Å². The van der Waals surface area contributed by atoms with Crippen LogP contribution >= 0.6 is 7.82 Å². The van der Waals surface area contributed by atoms with Crippen molar-refractivity contribution in [3.05, 3.63) is 85.1 Å². The summed E-state index contributed by atoms with van der Waals surface area (Å²) in [6.07, 6.45) is 48.0. The highest BCUT2D eigenvalue weighted by Gasteiger charge is 2.36. The lowest BCUT2D eigenvalue weighted by Crippen LogP contribution is -2.29. The van der Waals surface area contributed by atoms with Crippen molar-refractivity contribution in [1.82, 2.24) is 0 Å². The van der Waals surface area contributed by atoms with Crippen LogP contribution in [0, 0.1) is 0 Å². The molecule has 10 nitrogen and oxygen atoms in total. The number of rotatable bonds is 37. The Morgan fingerprint density at radius 3 is 1.88 bits per heavy atom. The Kier molecular flexibility index (Phi) is 33.3. The molecule has 0 aromatic carbocycles. The third-order valence-electron chi connectivity index (χ3n) is 8.70. The van der Waals surface area contributed by atoms with Crippen molar-refractivity contribution in [1.29, 1.82) is 0 Å². The highest BCUT2D eigenvalue weighted by molar-refractivity contribution is 7.47. The third kappa shape index (κ3) is 33.3. The monoisotopic (exact) mass is 804 g/mol. The van der Waals surface area contributed by atoms with Gasteiger partial charge in [-0.1, -0.05) is 137 Å². The van der Waals surface area contributed by atoms with Crippen LogP contribution in [0.2, 0.25) is 0 Å². The van der Waals surface area contributed by atoms with E-state index in [9.17, 15) is 19.0 Å². The van der Waals surface area contributed by atoms with Crippen LogP contribution in [0.15, 0.2) is 85.1 Å². The van der Waals surface area contributed by atoms with E-state index in [1.807, 2.05) is 12.2 Å². The summed E-state index contributed by atoms with van der Waals surface area (Å²) in [4.78, 5) is 34.8. The predicted molar refractivity (Wildman–Crippen MR) is 228 cm³/mol. The summed E-state index contributed by atoms with van der Waals surface area (Å²) in [5, 5.41) is 0. The number of phosphoric acid groups is 1. The second kappa shape index (κ2) is 36.5. The zero-order chi connectivity index (χ0) is 40.8. The van der Waals surface area contributed by atoms with E-state index in [0.717, 1.165) is 77.0 Å². The maximum absolute atomic E-state index is 12.6. The van der Waals surface area contributed by atoms with Crippen molar-refractivity contribution in [2.45, 2.75) is 161 Å². The molecule has 1 heterocycles. The van der Waals surface area contributed by atoms with Crippen molar-refractivity contribution in [2.75, 3.05) is 26.4 Å². The maximum atomic E-state index is 12.6. The number of hydrogen-bond donors (Lipinski definition) is 2. The van der Waals surface area contributed by atoms with Crippen LogP contribution in [0.1, 0.15) is 142 Å². The number of ether oxygens (including phenoxy) is 3. The molecule has 0 aliphatic carbocycles. The molecule has 56 heavy (non-hydrogen) atoms. The van der Waals surface area contributed by atoms with Crippen molar-refractivity contribution in [3.8, 4) is 0 Å². The first-order valence-electron chi connectivity index (χ1n) is 21.2. The molecule has 318 valence electrons. The average molecular weight is 804 g/mol. The average Bonchev–Trinajstić information content (AvgIpc) is 3.94. The molecular formula is C45H74NO9P. The number of allylic oxidation sites excluding steroid dienone is 13. The molecule has 1 aliphatic rings.